The summed E-state index contributed by atoms with van der Waals surface area (Å²) >= 11 is 0. The number of rotatable bonds is 11. The number of hydrogen-bond donors (Lipinski definition) is 3. The van der Waals surface area contributed by atoms with Crippen LogP contribution in [0.2, 0.25) is 0 Å². The molecule has 1 unspecified atom stereocenters. The van der Waals surface area contributed by atoms with E-state index < -0.39 is 0 Å². The third-order valence-corrected chi connectivity index (χ3v) is 2.42. The Kier molecular flexibility index (Phi) is 10.3. The largest absolute Gasteiger partial charge is 0.737 e. The molecule has 0 aromatic carbocycles. The second-order valence-electron chi connectivity index (χ2n) is 4.32. The van der Waals surface area contributed by atoms with Crippen molar-refractivity contribution in [2.75, 3.05) is 32.7 Å². The van der Waals surface area contributed by atoms with Gasteiger partial charge in [0.2, 0.25) is 0 Å². The molecule has 0 rings (SSSR count). The third-order valence-electron chi connectivity index (χ3n) is 2.42. The lowest BCUT2D eigenvalue weighted by molar-refractivity contribution is -0.690. The number of nitrogens with two attached hydrogens (primary N) is 2. The van der Waals surface area contributed by atoms with Gasteiger partial charge in [-0.05, 0) is 44.6 Å². The molecule has 0 fully saturated rings. The number of nitrogens with one attached hydrogen (secondary N) is 1. The third kappa shape index (κ3) is 8.97. The second-order valence-corrected chi connectivity index (χ2v) is 4.32. The van der Waals surface area contributed by atoms with Crippen LogP contribution in [0.5, 0.6) is 0 Å². The predicted molar refractivity (Wildman–Crippen MR) is 70.4 cm³/mol. The molecule has 0 aliphatic carbocycles. The lowest BCUT2D eigenvalue weighted by Gasteiger charge is -2.19. The molecule has 0 saturated heterocycles. The maximum atomic E-state index is 11.1. The molecule has 0 aliphatic rings. The van der Waals surface area contributed by atoms with Crippen LogP contribution in [-0.2, 0) is 0 Å². The summed E-state index contributed by atoms with van der Waals surface area (Å²) in [4.78, 5) is 0.102. The van der Waals surface area contributed by atoms with Crippen molar-refractivity contribution in [3.8, 4) is 0 Å². The van der Waals surface area contributed by atoms with E-state index in [1.54, 1.807) is 0 Å². The molecule has 0 bridgehead atoms. The SMILES string of the molecule is CC(N)CNCCCCN(CCCN)/[N+]([O-])=N/[O-]. The molecule has 0 spiro atoms. The monoisotopic (exact) mass is 261 g/mol. The second kappa shape index (κ2) is 11.0. The molecule has 0 heterocycles. The fourth-order valence-electron chi connectivity index (χ4n) is 1.48. The highest BCUT2D eigenvalue weighted by Gasteiger charge is 2.09. The molecule has 5 N–H and O–H groups in total. The lowest BCUT2D eigenvalue weighted by atomic mass is 10.3. The minimum Gasteiger partial charge on any atom is -0.737 e. The average molecular weight is 261 g/mol. The Morgan fingerprint density at radius 1 is 1.33 bits per heavy atom. The van der Waals surface area contributed by atoms with E-state index in [0.717, 1.165) is 25.9 Å². The summed E-state index contributed by atoms with van der Waals surface area (Å²) in [5.74, 6) is 0. The first-order valence-corrected chi connectivity index (χ1v) is 6.33. The summed E-state index contributed by atoms with van der Waals surface area (Å²) in [5, 5.41) is 28.2. The van der Waals surface area contributed by atoms with E-state index in [2.05, 4.69) is 10.6 Å². The van der Waals surface area contributed by atoms with Gasteiger partial charge in [0, 0.05) is 17.6 Å². The lowest BCUT2D eigenvalue weighted by Crippen LogP contribution is -2.34. The average Bonchev–Trinajstić information content (AvgIpc) is 2.35. The van der Waals surface area contributed by atoms with E-state index in [-0.39, 0.29) is 11.0 Å². The molecule has 0 saturated carbocycles. The van der Waals surface area contributed by atoms with Crippen molar-refractivity contribution in [3.05, 3.63) is 10.4 Å². The Hall–Kier alpha value is -1.12. The Balaban J connectivity index is 3.69. The molecule has 8 heteroatoms. The van der Waals surface area contributed by atoms with Gasteiger partial charge in [0.1, 0.15) is 0 Å². The van der Waals surface area contributed by atoms with E-state index in [4.69, 9.17) is 11.5 Å². The molecule has 1 atom stereocenters. The van der Waals surface area contributed by atoms with Crippen LogP contribution in [0.15, 0.2) is 5.28 Å². The molecule has 0 aliphatic heterocycles. The Morgan fingerprint density at radius 2 is 2.00 bits per heavy atom. The zero-order valence-electron chi connectivity index (χ0n) is 11.0. The van der Waals surface area contributed by atoms with Crippen LogP contribution in [-0.4, -0.2) is 48.7 Å². The van der Waals surface area contributed by atoms with E-state index in [9.17, 15) is 10.4 Å². The van der Waals surface area contributed by atoms with Gasteiger partial charge in [-0.25, -0.2) is 0 Å². The van der Waals surface area contributed by atoms with Crippen LogP contribution < -0.4 is 16.8 Å². The van der Waals surface area contributed by atoms with Crippen LogP contribution in [0.3, 0.4) is 0 Å². The number of hydrazine groups is 1. The standard InChI is InChI=1S/C10H26N6O2/c1-10(12)9-13-6-2-3-7-15(8-4-5-11)16(18)14-17/h10,13,17H,2-9,11-12H2,1H3/p-1/b16-14-. The van der Waals surface area contributed by atoms with Gasteiger partial charge in [-0.1, -0.05) is 0 Å². The quantitative estimate of drug-likeness (QED) is 0.203. The smallest absolute Gasteiger partial charge is 0.0779 e. The fourth-order valence-corrected chi connectivity index (χ4v) is 1.48. The van der Waals surface area contributed by atoms with Crippen LogP contribution in [0.25, 0.3) is 0 Å². The normalized spacial score (nSPS) is 13.6. The molecule has 0 aromatic rings. The minimum absolute atomic E-state index is 0.102. The molecule has 0 aromatic heterocycles. The maximum Gasteiger partial charge on any atom is 0.0779 e. The number of nitrogens with zero attached hydrogens (tertiary/aromatic N) is 3. The van der Waals surface area contributed by atoms with Crippen molar-refractivity contribution in [3.63, 3.8) is 0 Å². The first-order valence-electron chi connectivity index (χ1n) is 6.33. The summed E-state index contributed by atoms with van der Waals surface area (Å²) < 4.78 is 0. The molecule has 0 amide bonds. The van der Waals surface area contributed by atoms with E-state index >= 15 is 0 Å². The van der Waals surface area contributed by atoms with Crippen LogP contribution >= 0.6 is 0 Å². The van der Waals surface area contributed by atoms with Gasteiger partial charge in [0.05, 0.1) is 13.1 Å². The van der Waals surface area contributed by atoms with Gasteiger partial charge in [-0.15, -0.1) is 5.01 Å². The highest BCUT2D eigenvalue weighted by atomic mass is 16.6. The van der Waals surface area contributed by atoms with Crippen molar-refractivity contribution in [2.24, 2.45) is 16.7 Å². The molecule has 0 radical (unpaired) electrons. The molecule has 108 valence electrons. The van der Waals surface area contributed by atoms with Gasteiger partial charge in [0.25, 0.3) is 0 Å². The summed E-state index contributed by atoms with van der Waals surface area (Å²) in [6.07, 6.45) is 2.39. The Labute approximate surface area is 108 Å². The summed E-state index contributed by atoms with van der Waals surface area (Å²) in [6, 6.07) is 0.141. The first-order chi connectivity index (χ1) is 8.61. The van der Waals surface area contributed by atoms with E-state index in [1.807, 2.05) is 6.92 Å². The van der Waals surface area contributed by atoms with Crippen molar-refractivity contribution in [2.45, 2.75) is 32.2 Å². The first kappa shape index (κ1) is 16.9. The van der Waals surface area contributed by atoms with E-state index in [0.29, 0.717) is 26.1 Å². The highest BCUT2D eigenvalue weighted by Crippen LogP contribution is 1.98. The van der Waals surface area contributed by atoms with Crippen molar-refractivity contribution < 1.29 is 4.97 Å². The van der Waals surface area contributed by atoms with Gasteiger partial charge >= 0.3 is 0 Å². The summed E-state index contributed by atoms with van der Waals surface area (Å²) in [5.41, 5.74) is 11.0. The Morgan fingerprint density at radius 3 is 2.56 bits per heavy atom. The zero-order chi connectivity index (χ0) is 13.8. The molecular weight excluding hydrogens is 236 g/mol. The zero-order valence-corrected chi connectivity index (χ0v) is 11.0. The van der Waals surface area contributed by atoms with Gasteiger partial charge in [-0.2, -0.15) is 0 Å². The minimum atomic E-state index is 0.102. The number of unbranched alkanes of at least 4 members (excludes halogenated alkanes) is 1. The van der Waals surface area contributed by atoms with Crippen molar-refractivity contribution in [1.29, 1.82) is 0 Å². The summed E-state index contributed by atoms with van der Waals surface area (Å²) in [6.45, 7) is 5.01. The summed E-state index contributed by atoms with van der Waals surface area (Å²) in [7, 11) is 0. The van der Waals surface area contributed by atoms with Gasteiger partial charge in [0.15, 0.2) is 0 Å². The van der Waals surface area contributed by atoms with Crippen LogP contribution in [0.4, 0.5) is 0 Å². The fraction of sp³-hybridized carbons (Fsp3) is 1.00. The Bertz CT molecular complexity index is 224. The number of hydrogen-bond acceptors (Lipinski definition) is 6. The molecule has 8 nitrogen and oxygen atoms in total. The van der Waals surface area contributed by atoms with Crippen LogP contribution in [0.1, 0.15) is 26.2 Å². The van der Waals surface area contributed by atoms with Gasteiger partial charge < -0.3 is 27.2 Å². The topological polar surface area (TPSA) is 129 Å². The predicted octanol–water partition coefficient (Wildman–Crippen LogP) is -0.270. The van der Waals surface area contributed by atoms with Crippen molar-refractivity contribution >= 4 is 0 Å². The van der Waals surface area contributed by atoms with E-state index in [1.165, 1.54) is 5.01 Å². The van der Waals surface area contributed by atoms with Crippen molar-refractivity contribution in [1.82, 2.24) is 10.3 Å². The van der Waals surface area contributed by atoms with Crippen LogP contribution in [0, 0.1) is 10.4 Å². The molecule has 18 heavy (non-hydrogen) atoms. The highest BCUT2D eigenvalue weighted by molar-refractivity contribution is 4.58. The molecular formula is C10H25N6O2-. The van der Waals surface area contributed by atoms with Gasteiger partial charge in [-0.3, -0.25) is 0 Å². The maximum absolute atomic E-state index is 11.1.